The summed E-state index contributed by atoms with van der Waals surface area (Å²) in [5, 5.41) is 2.95. The van der Waals surface area contributed by atoms with E-state index >= 15 is 0 Å². The van der Waals surface area contributed by atoms with Crippen LogP contribution in [-0.4, -0.2) is 34.7 Å². The number of fused-ring (bicyclic) bond motifs is 1. The zero-order valence-electron chi connectivity index (χ0n) is 12.6. The molecule has 3 amide bonds. The molecule has 1 aromatic heterocycles. The van der Waals surface area contributed by atoms with E-state index in [-0.39, 0.29) is 24.1 Å². The van der Waals surface area contributed by atoms with Crippen LogP contribution in [0.15, 0.2) is 28.7 Å². The molecule has 2 heterocycles. The van der Waals surface area contributed by atoms with Crippen molar-refractivity contribution in [3.8, 4) is 0 Å². The van der Waals surface area contributed by atoms with Gasteiger partial charge in [0.05, 0.1) is 6.42 Å². The van der Waals surface area contributed by atoms with E-state index in [1.807, 2.05) is 0 Å². The number of halogens is 1. The molecule has 3 rings (SSSR count). The lowest BCUT2D eigenvalue weighted by Gasteiger charge is -2.18. The molecule has 0 radical (unpaired) electrons. The second-order valence-corrected chi connectivity index (χ2v) is 5.72. The Morgan fingerprint density at radius 2 is 2.09 bits per heavy atom. The maximum Gasteiger partial charge on any atom is 0.287 e. The van der Waals surface area contributed by atoms with Crippen molar-refractivity contribution in [3.05, 3.63) is 35.8 Å². The Morgan fingerprint density at radius 3 is 2.74 bits per heavy atom. The molecule has 2 aromatic rings. The van der Waals surface area contributed by atoms with Gasteiger partial charge in [-0.25, -0.2) is 4.39 Å². The van der Waals surface area contributed by atoms with Gasteiger partial charge in [0, 0.05) is 11.4 Å². The Morgan fingerprint density at radius 1 is 1.35 bits per heavy atom. The van der Waals surface area contributed by atoms with Gasteiger partial charge in [0.1, 0.15) is 17.4 Å². The van der Waals surface area contributed by atoms with Gasteiger partial charge in [0.25, 0.3) is 11.8 Å². The fourth-order valence-electron chi connectivity index (χ4n) is 2.66. The van der Waals surface area contributed by atoms with Gasteiger partial charge in [0.15, 0.2) is 5.76 Å². The van der Waals surface area contributed by atoms with Crippen molar-refractivity contribution in [2.24, 2.45) is 0 Å². The van der Waals surface area contributed by atoms with Crippen LogP contribution in [-0.2, 0) is 9.59 Å². The zero-order valence-corrected chi connectivity index (χ0v) is 12.6. The topological polar surface area (TPSA) is 79.6 Å². The Labute approximate surface area is 131 Å². The molecule has 1 N–H and O–H groups in total. The summed E-state index contributed by atoms with van der Waals surface area (Å²) in [6, 6.07) is 4.14. The van der Waals surface area contributed by atoms with E-state index in [1.165, 1.54) is 24.3 Å². The normalized spacial score (nSPS) is 18.3. The van der Waals surface area contributed by atoms with Gasteiger partial charge in [0.2, 0.25) is 5.91 Å². The lowest BCUT2D eigenvalue weighted by atomic mass is 10.2. The van der Waals surface area contributed by atoms with Crippen LogP contribution in [0.4, 0.5) is 4.39 Å². The molecular weight excluding hydrogens is 303 g/mol. The summed E-state index contributed by atoms with van der Waals surface area (Å²) in [6.07, 6.45) is -0.0718. The molecule has 0 aliphatic carbocycles. The molecule has 1 fully saturated rings. The number of nitrogens with one attached hydrogen (secondary N) is 1. The largest absolute Gasteiger partial charge is 0.451 e. The quantitative estimate of drug-likeness (QED) is 0.876. The number of benzene rings is 1. The summed E-state index contributed by atoms with van der Waals surface area (Å²) in [6.45, 7) is 3.46. The third-order valence-electron chi connectivity index (χ3n) is 3.71. The van der Waals surface area contributed by atoms with Crippen molar-refractivity contribution in [2.45, 2.75) is 32.4 Å². The maximum absolute atomic E-state index is 13.2. The first-order valence-electron chi connectivity index (χ1n) is 7.22. The van der Waals surface area contributed by atoms with Crippen LogP contribution in [0, 0.1) is 5.82 Å². The molecule has 1 atom stereocenters. The number of nitrogens with zero attached hydrogens (tertiary/aromatic N) is 1. The average Bonchev–Trinajstić information content (AvgIpc) is 3.00. The van der Waals surface area contributed by atoms with Gasteiger partial charge in [-0.1, -0.05) is 0 Å². The summed E-state index contributed by atoms with van der Waals surface area (Å²) < 4.78 is 18.5. The molecule has 0 saturated carbocycles. The van der Waals surface area contributed by atoms with Crippen molar-refractivity contribution < 1.29 is 23.2 Å². The third-order valence-corrected chi connectivity index (χ3v) is 3.71. The number of hydrogen-bond acceptors (Lipinski definition) is 4. The second kappa shape index (κ2) is 5.49. The third kappa shape index (κ3) is 2.69. The van der Waals surface area contributed by atoms with Crippen LogP contribution < -0.4 is 5.32 Å². The monoisotopic (exact) mass is 318 g/mol. The van der Waals surface area contributed by atoms with Crippen LogP contribution >= 0.6 is 0 Å². The summed E-state index contributed by atoms with van der Waals surface area (Å²) in [7, 11) is 0. The van der Waals surface area contributed by atoms with E-state index in [0.717, 1.165) is 4.90 Å². The molecule has 0 spiro atoms. The van der Waals surface area contributed by atoms with Gasteiger partial charge in [-0.05, 0) is 38.1 Å². The number of likely N-dealkylation sites (tertiary alicyclic amines) is 1. The number of hydrogen-bond donors (Lipinski definition) is 1. The number of carbonyl (C=O) groups excluding carboxylic acids is 3. The Hall–Kier alpha value is -2.70. The smallest absolute Gasteiger partial charge is 0.287 e. The second-order valence-electron chi connectivity index (χ2n) is 5.72. The minimum Gasteiger partial charge on any atom is -0.451 e. The van der Waals surface area contributed by atoms with Crippen molar-refractivity contribution in [1.29, 1.82) is 0 Å². The maximum atomic E-state index is 13.2. The van der Waals surface area contributed by atoms with Crippen LogP contribution in [0.5, 0.6) is 0 Å². The SMILES string of the molecule is CC(C)N1C(=O)C[C@H](NC(=O)c2cc3cc(F)ccc3o2)C1=O. The Kier molecular flexibility index (Phi) is 3.63. The Balaban J connectivity index is 1.78. The van der Waals surface area contributed by atoms with E-state index < -0.39 is 23.7 Å². The van der Waals surface area contributed by atoms with E-state index in [1.54, 1.807) is 13.8 Å². The molecular formula is C16H15FN2O4. The highest BCUT2D eigenvalue weighted by Crippen LogP contribution is 2.21. The lowest BCUT2D eigenvalue weighted by molar-refractivity contribution is -0.140. The first-order valence-corrected chi connectivity index (χ1v) is 7.22. The molecule has 23 heavy (non-hydrogen) atoms. The van der Waals surface area contributed by atoms with Crippen LogP contribution in [0.2, 0.25) is 0 Å². The highest BCUT2D eigenvalue weighted by Gasteiger charge is 2.41. The fraction of sp³-hybridized carbons (Fsp3) is 0.312. The molecule has 7 heteroatoms. The fourth-order valence-corrected chi connectivity index (χ4v) is 2.66. The first kappa shape index (κ1) is 15.2. The Bertz CT molecular complexity index is 812. The highest BCUT2D eigenvalue weighted by molar-refractivity contribution is 6.08. The average molecular weight is 318 g/mol. The number of amides is 3. The van der Waals surface area contributed by atoms with Crippen molar-refractivity contribution >= 4 is 28.7 Å². The molecule has 1 aliphatic heterocycles. The zero-order chi connectivity index (χ0) is 16.7. The number of carbonyl (C=O) groups is 3. The molecule has 6 nitrogen and oxygen atoms in total. The number of furan rings is 1. The van der Waals surface area contributed by atoms with Crippen molar-refractivity contribution in [1.82, 2.24) is 10.2 Å². The summed E-state index contributed by atoms with van der Waals surface area (Å²) >= 11 is 0. The number of imide groups is 1. The molecule has 120 valence electrons. The van der Waals surface area contributed by atoms with Crippen LogP contribution in [0.25, 0.3) is 11.0 Å². The highest BCUT2D eigenvalue weighted by atomic mass is 19.1. The minimum absolute atomic E-state index is 0.0335. The van der Waals surface area contributed by atoms with Crippen molar-refractivity contribution in [3.63, 3.8) is 0 Å². The van der Waals surface area contributed by atoms with Gasteiger partial charge in [-0.3, -0.25) is 19.3 Å². The predicted octanol–water partition coefficient (Wildman–Crippen LogP) is 1.84. The summed E-state index contributed by atoms with van der Waals surface area (Å²) in [5.74, 6) is -1.83. The van der Waals surface area contributed by atoms with Crippen LogP contribution in [0.1, 0.15) is 30.8 Å². The molecule has 1 aromatic carbocycles. The standard InChI is InChI=1S/C16H15FN2O4/c1-8(2)19-14(20)7-11(16(19)22)18-15(21)13-6-9-5-10(17)3-4-12(9)23-13/h3-6,8,11H,7H2,1-2H3,(H,18,21)/t11-/m0/s1. The van der Waals surface area contributed by atoms with Gasteiger partial charge in [-0.15, -0.1) is 0 Å². The van der Waals surface area contributed by atoms with Gasteiger partial charge >= 0.3 is 0 Å². The van der Waals surface area contributed by atoms with E-state index in [9.17, 15) is 18.8 Å². The van der Waals surface area contributed by atoms with Gasteiger partial charge < -0.3 is 9.73 Å². The minimum atomic E-state index is -0.901. The summed E-state index contributed by atoms with van der Waals surface area (Å²) in [5.41, 5.74) is 0.370. The van der Waals surface area contributed by atoms with E-state index in [0.29, 0.717) is 11.0 Å². The van der Waals surface area contributed by atoms with Crippen molar-refractivity contribution in [2.75, 3.05) is 0 Å². The number of rotatable bonds is 3. The summed E-state index contributed by atoms with van der Waals surface area (Å²) in [4.78, 5) is 37.3. The molecule has 1 aliphatic rings. The first-order chi connectivity index (χ1) is 10.9. The lowest BCUT2D eigenvalue weighted by Crippen LogP contribution is -2.43. The van der Waals surface area contributed by atoms with E-state index in [2.05, 4.69) is 5.32 Å². The molecule has 1 saturated heterocycles. The van der Waals surface area contributed by atoms with E-state index in [4.69, 9.17) is 4.42 Å². The van der Waals surface area contributed by atoms with Crippen LogP contribution in [0.3, 0.4) is 0 Å². The van der Waals surface area contributed by atoms with Gasteiger partial charge in [-0.2, -0.15) is 0 Å². The molecule has 0 bridgehead atoms. The molecule has 0 unspecified atom stereocenters. The predicted molar refractivity (Wildman–Crippen MR) is 79.0 cm³/mol.